The van der Waals surface area contributed by atoms with Crippen molar-refractivity contribution in [2.24, 2.45) is 0 Å². The molecule has 0 saturated heterocycles. The molecule has 1 aromatic heterocycles. The fourth-order valence-corrected chi connectivity index (χ4v) is 2.78. The number of hydrogen-bond donors (Lipinski definition) is 0. The molecule has 0 saturated carbocycles. The third-order valence-corrected chi connectivity index (χ3v) is 4.00. The Bertz CT molecular complexity index is 1060. The van der Waals surface area contributed by atoms with Crippen LogP contribution in [0.1, 0.15) is 0 Å². The first-order valence-corrected chi connectivity index (χ1v) is 7.36. The molecule has 0 spiro atoms. The third-order valence-electron chi connectivity index (χ3n) is 4.00. The number of hydrogen-bond acceptors (Lipinski definition) is 3. The van der Waals surface area contributed by atoms with Gasteiger partial charge in [0.15, 0.2) is 0 Å². The quantitative estimate of drug-likeness (QED) is 0.400. The molecule has 0 atom stereocenters. The van der Waals surface area contributed by atoms with Crippen LogP contribution in [0.15, 0.2) is 75.9 Å². The van der Waals surface area contributed by atoms with Crippen molar-refractivity contribution in [2.75, 3.05) is 7.11 Å². The standard InChI is InChI=1S/C20H14O3/c1-22-17-8-6-13(7-9-17)18-11-16-10-14-4-2-3-5-15(14)12-19(16)23-20(18)21/h2-12H,1H3. The molecule has 3 aromatic carbocycles. The molecule has 4 rings (SSSR count). The zero-order chi connectivity index (χ0) is 15.8. The van der Waals surface area contributed by atoms with Gasteiger partial charge in [0, 0.05) is 5.39 Å². The Kier molecular flexibility index (Phi) is 3.12. The molecule has 0 unspecified atom stereocenters. The van der Waals surface area contributed by atoms with Crippen molar-refractivity contribution in [1.29, 1.82) is 0 Å². The van der Waals surface area contributed by atoms with Gasteiger partial charge < -0.3 is 9.15 Å². The molecular weight excluding hydrogens is 288 g/mol. The van der Waals surface area contributed by atoms with Crippen LogP contribution in [-0.4, -0.2) is 7.11 Å². The van der Waals surface area contributed by atoms with Crippen LogP contribution in [-0.2, 0) is 0 Å². The van der Waals surface area contributed by atoms with Gasteiger partial charge in [-0.15, -0.1) is 0 Å². The van der Waals surface area contributed by atoms with Gasteiger partial charge in [-0.05, 0) is 46.7 Å². The first-order chi connectivity index (χ1) is 11.2. The summed E-state index contributed by atoms with van der Waals surface area (Å²) in [7, 11) is 1.62. The second kappa shape index (κ2) is 5.29. The Morgan fingerprint density at radius 2 is 1.52 bits per heavy atom. The lowest BCUT2D eigenvalue weighted by Gasteiger charge is -2.05. The average molecular weight is 302 g/mol. The van der Waals surface area contributed by atoms with E-state index in [1.54, 1.807) is 7.11 Å². The summed E-state index contributed by atoms with van der Waals surface area (Å²) in [4.78, 5) is 12.3. The predicted octanol–water partition coefficient (Wildman–Crippen LogP) is 4.62. The molecule has 23 heavy (non-hydrogen) atoms. The summed E-state index contributed by atoms with van der Waals surface area (Å²) < 4.78 is 10.7. The van der Waals surface area contributed by atoms with E-state index in [4.69, 9.17) is 9.15 Å². The van der Waals surface area contributed by atoms with Crippen molar-refractivity contribution in [2.45, 2.75) is 0 Å². The number of rotatable bonds is 2. The van der Waals surface area contributed by atoms with Crippen molar-refractivity contribution in [3.8, 4) is 16.9 Å². The lowest BCUT2D eigenvalue weighted by Crippen LogP contribution is -2.02. The molecule has 4 aromatic rings. The number of fused-ring (bicyclic) bond motifs is 2. The predicted molar refractivity (Wildman–Crippen MR) is 92.0 cm³/mol. The minimum absolute atomic E-state index is 0.335. The maximum absolute atomic E-state index is 12.3. The molecule has 0 amide bonds. The van der Waals surface area contributed by atoms with Crippen molar-refractivity contribution in [3.63, 3.8) is 0 Å². The van der Waals surface area contributed by atoms with E-state index in [-0.39, 0.29) is 5.63 Å². The van der Waals surface area contributed by atoms with Gasteiger partial charge in [0.1, 0.15) is 11.3 Å². The third kappa shape index (κ3) is 2.36. The van der Waals surface area contributed by atoms with E-state index in [9.17, 15) is 4.79 Å². The molecule has 3 heteroatoms. The Balaban J connectivity index is 1.94. The van der Waals surface area contributed by atoms with Gasteiger partial charge >= 0.3 is 5.63 Å². The van der Waals surface area contributed by atoms with E-state index in [1.165, 1.54) is 0 Å². The molecule has 0 radical (unpaired) electrons. The van der Waals surface area contributed by atoms with Gasteiger partial charge in [-0.1, -0.05) is 36.4 Å². The van der Waals surface area contributed by atoms with Crippen molar-refractivity contribution >= 4 is 21.7 Å². The van der Waals surface area contributed by atoms with Gasteiger partial charge in [-0.25, -0.2) is 4.79 Å². The van der Waals surface area contributed by atoms with Crippen LogP contribution in [0.4, 0.5) is 0 Å². The molecular formula is C20H14O3. The highest BCUT2D eigenvalue weighted by Crippen LogP contribution is 2.26. The molecule has 0 fully saturated rings. The maximum atomic E-state index is 12.3. The van der Waals surface area contributed by atoms with Crippen molar-refractivity contribution in [1.82, 2.24) is 0 Å². The lowest BCUT2D eigenvalue weighted by atomic mass is 10.0. The molecule has 3 nitrogen and oxygen atoms in total. The van der Waals surface area contributed by atoms with Crippen LogP contribution < -0.4 is 10.4 Å². The maximum Gasteiger partial charge on any atom is 0.344 e. The number of methoxy groups -OCH3 is 1. The number of benzene rings is 3. The normalized spacial score (nSPS) is 11.0. The van der Waals surface area contributed by atoms with Gasteiger partial charge in [-0.3, -0.25) is 0 Å². The summed E-state index contributed by atoms with van der Waals surface area (Å²) >= 11 is 0. The Labute approximate surface area is 132 Å². The minimum atomic E-state index is -0.335. The van der Waals surface area contributed by atoms with Crippen LogP contribution >= 0.6 is 0 Å². The van der Waals surface area contributed by atoms with Crippen molar-refractivity contribution in [3.05, 3.63) is 77.2 Å². The summed E-state index contributed by atoms with van der Waals surface area (Å²) in [5.41, 5.74) is 1.63. The monoisotopic (exact) mass is 302 g/mol. The summed E-state index contributed by atoms with van der Waals surface area (Å²) in [6, 6.07) is 21.2. The van der Waals surface area contributed by atoms with Gasteiger partial charge in [0.05, 0.1) is 12.7 Å². The van der Waals surface area contributed by atoms with Crippen LogP contribution in [0.5, 0.6) is 5.75 Å². The summed E-state index contributed by atoms with van der Waals surface area (Å²) in [6.45, 7) is 0. The lowest BCUT2D eigenvalue weighted by molar-refractivity contribution is 0.415. The second-order valence-corrected chi connectivity index (χ2v) is 5.41. The van der Waals surface area contributed by atoms with E-state index in [1.807, 2.05) is 66.7 Å². The van der Waals surface area contributed by atoms with E-state index in [2.05, 4.69) is 0 Å². The van der Waals surface area contributed by atoms with Gasteiger partial charge in [0.25, 0.3) is 0 Å². The highest BCUT2D eigenvalue weighted by Gasteiger charge is 2.09. The first kappa shape index (κ1) is 13.6. The van der Waals surface area contributed by atoms with Crippen LogP contribution in [0.25, 0.3) is 32.9 Å². The van der Waals surface area contributed by atoms with Gasteiger partial charge in [0.2, 0.25) is 0 Å². The van der Waals surface area contributed by atoms with E-state index >= 15 is 0 Å². The molecule has 112 valence electrons. The molecule has 0 bridgehead atoms. The van der Waals surface area contributed by atoms with E-state index in [0.717, 1.165) is 27.5 Å². The first-order valence-electron chi connectivity index (χ1n) is 7.36. The number of ether oxygens (including phenoxy) is 1. The van der Waals surface area contributed by atoms with Crippen LogP contribution in [0, 0.1) is 0 Å². The molecule has 1 heterocycles. The van der Waals surface area contributed by atoms with Gasteiger partial charge in [-0.2, -0.15) is 0 Å². The Morgan fingerprint density at radius 1 is 0.826 bits per heavy atom. The van der Waals surface area contributed by atoms with E-state index < -0.39 is 0 Å². The molecule has 0 aliphatic carbocycles. The zero-order valence-electron chi connectivity index (χ0n) is 12.6. The average Bonchev–Trinajstić information content (AvgIpc) is 2.59. The zero-order valence-corrected chi connectivity index (χ0v) is 12.6. The highest BCUT2D eigenvalue weighted by atomic mass is 16.5. The summed E-state index contributed by atoms with van der Waals surface area (Å²) in [6.07, 6.45) is 0. The SMILES string of the molecule is COc1ccc(-c2cc3cc4ccccc4cc3oc2=O)cc1. The molecule has 0 N–H and O–H groups in total. The fourth-order valence-electron chi connectivity index (χ4n) is 2.78. The molecule has 0 aliphatic heterocycles. The smallest absolute Gasteiger partial charge is 0.344 e. The van der Waals surface area contributed by atoms with E-state index in [0.29, 0.717) is 11.1 Å². The van der Waals surface area contributed by atoms with Crippen LogP contribution in [0.2, 0.25) is 0 Å². The molecule has 0 aliphatic rings. The minimum Gasteiger partial charge on any atom is -0.497 e. The summed E-state index contributed by atoms with van der Waals surface area (Å²) in [5.74, 6) is 0.755. The second-order valence-electron chi connectivity index (χ2n) is 5.41. The van der Waals surface area contributed by atoms with Crippen molar-refractivity contribution < 1.29 is 9.15 Å². The Morgan fingerprint density at radius 3 is 2.22 bits per heavy atom. The Hall–Kier alpha value is -3.07. The van der Waals surface area contributed by atoms with Crippen LogP contribution in [0.3, 0.4) is 0 Å². The fraction of sp³-hybridized carbons (Fsp3) is 0.0500. The summed E-state index contributed by atoms with van der Waals surface area (Å²) in [5, 5.41) is 3.09. The highest BCUT2D eigenvalue weighted by molar-refractivity contribution is 5.96. The largest absolute Gasteiger partial charge is 0.497 e. The topological polar surface area (TPSA) is 39.4 Å².